The summed E-state index contributed by atoms with van der Waals surface area (Å²) in [6, 6.07) is 9.80. The van der Waals surface area contributed by atoms with Crippen molar-refractivity contribution in [2.24, 2.45) is 5.73 Å². The topological polar surface area (TPSA) is 85.1 Å². The number of nitrogens with two attached hydrogens (primary N) is 1. The minimum absolute atomic E-state index is 0.169. The summed E-state index contributed by atoms with van der Waals surface area (Å²) in [7, 11) is -3.57. The highest BCUT2D eigenvalue weighted by Gasteiger charge is 2.13. The first-order valence-electron chi connectivity index (χ1n) is 6.19. The maximum Gasteiger partial charge on any atom is 0.240 e. The van der Waals surface area contributed by atoms with Gasteiger partial charge in [-0.1, -0.05) is 30.4 Å². The molecule has 7 heteroatoms. The number of sulfonamides is 1. The molecule has 0 aliphatic heterocycles. The third-order valence-electron chi connectivity index (χ3n) is 2.89. The van der Waals surface area contributed by atoms with Gasteiger partial charge in [0.1, 0.15) is 4.99 Å². The first kappa shape index (κ1) is 15.6. The molecule has 0 atom stereocenters. The summed E-state index contributed by atoms with van der Waals surface area (Å²) < 4.78 is 26.8. The van der Waals surface area contributed by atoms with Crippen molar-refractivity contribution in [3.05, 3.63) is 59.4 Å². The standard InChI is InChI=1S/C14H15N3O2S2/c1-10-2-3-11(8-16-10)9-17-21(18,19)13-6-4-12(5-7-13)14(15)20/h2-8,17H,9H2,1H3,(H2,15,20). The van der Waals surface area contributed by atoms with Crippen LogP contribution >= 0.6 is 12.2 Å². The number of benzene rings is 1. The Kier molecular flexibility index (Phi) is 4.66. The van der Waals surface area contributed by atoms with Gasteiger partial charge in [0.05, 0.1) is 4.90 Å². The van der Waals surface area contributed by atoms with Crippen LogP contribution in [0.1, 0.15) is 16.8 Å². The van der Waals surface area contributed by atoms with Gasteiger partial charge in [0.2, 0.25) is 10.0 Å². The van der Waals surface area contributed by atoms with E-state index in [1.165, 1.54) is 12.1 Å². The first-order valence-corrected chi connectivity index (χ1v) is 8.09. The van der Waals surface area contributed by atoms with Gasteiger partial charge in [-0.05, 0) is 30.7 Å². The third kappa shape index (κ3) is 4.07. The highest BCUT2D eigenvalue weighted by molar-refractivity contribution is 7.89. The number of nitrogens with one attached hydrogen (secondary N) is 1. The maximum absolute atomic E-state index is 12.2. The van der Waals surface area contributed by atoms with Crippen LogP contribution in [0, 0.1) is 6.92 Å². The van der Waals surface area contributed by atoms with E-state index in [9.17, 15) is 8.42 Å². The fourth-order valence-corrected chi connectivity index (χ4v) is 2.82. The zero-order chi connectivity index (χ0) is 15.5. The Hall–Kier alpha value is -1.83. The molecule has 110 valence electrons. The molecule has 0 bridgehead atoms. The van der Waals surface area contributed by atoms with Gasteiger partial charge in [-0.25, -0.2) is 13.1 Å². The molecule has 1 aromatic carbocycles. The maximum atomic E-state index is 12.2. The normalized spacial score (nSPS) is 11.3. The van der Waals surface area contributed by atoms with E-state index in [4.69, 9.17) is 18.0 Å². The average molecular weight is 321 g/mol. The number of rotatable bonds is 5. The number of hydrogen-bond acceptors (Lipinski definition) is 4. The fourth-order valence-electron chi connectivity index (χ4n) is 1.66. The molecule has 2 aromatic rings. The van der Waals surface area contributed by atoms with E-state index in [1.807, 2.05) is 19.1 Å². The van der Waals surface area contributed by atoms with E-state index in [-0.39, 0.29) is 16.4 Å². The molecule has 2 rings (SSSR count). The van der Waals surface area contributed by atoms with Crippen LogP contribution in [0.15, 0.2) is 47.5 Å². The van der Waals surface area contributed by atoms with E-state index in [2.05, 4.69) is 9.71 Å². The third-order valence-corrected chi connectivity index (χ3v) is 4.54. The lowest BCUT2D eigenvalue weighted by atomic mass is 10.2. The van der Waals surface area contributed by atoms with E-state index in [1.54, 1.807) is 18.3 Å². The first-order chi connectivity index (χ1) is 9.88. The van der Waals surface area contributed by atoms with Gasteiger partial charge in [-0.15, -0.1) is 0 Å². The highest BCUT2D eigenvalue weighted by Crippen LogP contribution is 2.11. The van der Waals surface area contributed by atoms with Gasteiger partial charge in [0.15, 0.2) is 0 Å². The molecule has 0 unspecified atom stereocenters. The van der Waals surface area contributed by atoms with E-state index >= 15 is 0 Å². The van der Waals surface area contributed by atoms with Crippen LogP contribution in [0.5, 0.6) is 0 Å². The monoisotopic (exact) mass is 321 g/mol. The Labute approximate surface area is 129 Å². The molecule has 0 saturated heterocycles. The molecule has 0 amide bonds. The zero-order valence-electron chi connectivity index (χ0n) is 11.4. The minimum atomic E-state index is -3.57. The Bertz CT molecular complexity index is 739. The van der Waals surface area contributed by atoms with Gasteiger partial charge >= 0.3 is 0 Å². The zero-order valence-corrected chi connectivity index (χ0v) is 13.0. The molecule has 21 heavy (non-hydrogen) atoms. The summed E-state index contributed by atoms with van der Waals surface area (Å²) in [6.07, 6.45) is 1.65. The van der Waals surface area contributed by atoms with Crippen LogP contribution < -0.4 is 10.5 Å². The van der Waals surface area contributed by atoms with Crippen molar-refractivity contribution in [3.63, 3.8) is 0 Å². The van der Waals surface area contributed by atoms with Crippen molar-refractivity contribution in [2.45, 2.75) is 18.4 Å². The van der Waals surface area contributed by atoms with E-state index < -0.39 is 10.0 Å². The Morgan fingerprint density at radius 1 is 1.24 bits per heavy atom. The summed E-state index contributed by atoms with van der Waals surface area (Å²) >= 11 is 4.83. The van der Waals surface area contributed by atoms with E-state index in [0.717, 1.165) is 11.3 Å². The summed E-state index contributed by atoms with van der Waals surface area (Å²) in [5.74, 6) is 0. The summed E-state index contributed by atoms with van der Waals surface area (Å²) in [6.45, 7) is 2.06. The summed E-state index contributed by atoms with van der Waals surface area (Å²) in [5, 5.41) is 0. The van der Waals surface area contributed by atoms with Gasteiger partial charge in [-0.3, -0.25) is 4.98 Å². The summed E-state index contributed by atoms with van der Waals surface area (Å²) in [5.41, 5.74) is 7.79. The molecule has 0 saturated carbocycles. The molecule has 1 heterocycles. The van der Waals surface area contributed by atoms with Crippen molar-refractivity contribution in [2.75, 3.05) is 0 Å². The lowest BCUT2D eigenvalue weighted by molar-refractivity contribution is 0.581. The average Bonchev–Trinajstić information content (AvgIpc) is 2.47. The minimum Gasteiger partial charge on any atom is -0.389 e. The lowest BCUT2D eigenvalue weighted by Crippen LogP contribution is -2.23. The van der Waals surface area contributed by atoms with Crippen molar-refractivity contribution >= 4 is 27.2 Å². The number of hydrogen-bond donors (Lipinski definition) is 2. The van der Waals surface area contributed by atoms with Gasteiger partial charge in [0.25, 0.3) is 0 Å². The molecule has 0 fully saturated rings. The molecule has 3 N–H and O–H groups in total. The van der Waals surface area contributed by atoms with Crippen molar-refractivity contribution in [1.82, 2.24) is 9.71 Å². The molecule has 1 aromatic heterocycles. The Morgan fingerprint density at radius 3 is 2.43 bits per heavy atom. The number of thiocarbonyl (C=S) groups is 1. The SMILES string of the molecule is Cc1ccc(CNS(=O)(=O)c2ccc(C(N)=S)cc2)cn1. The van der Waals surface area contributed by atoms with Crippen LogP contribution in [-0.4, -0.2) is 18.4 Å². The second-order valence-electron chi connectivity index (χ2n) is 4.52. The highest BCUT2D eigenvalue weighted by atomic mass is 32.2. The Balaban J connectivity index is 2.11. The quantitative estimate of drug-likeness (QED) is 0.815. The second kappa shape index (κ2) is 6.30. The van der Waals surface area contributed by atoms with Crippen molar-refractivity contribution < 1.29 is 8.42 Å². The molecule has 5 nitrogen and oxygen atoms in total. The van der Waals surface area contributed by atoms with Gasteiger partial charge in [0, 0.05) is 24.0 Å². The molecule has 0 aliphatic carbocycles. The second-order valence-corrected chi connectivity index (χ2v) is 6.73. The van der Waals surface area contributed by atoms with Crippen LogP contribution in [0.2, 0.25) is 0 Å². The van der Waals surface area contributed by atoms with Gasteiger partial charge in [-0.2, -0.15) is 0 Å². The molecule has 0 radical (unpaired) electrons. The smallest absolute Gasteiger partial charge is 0.240 e. The largest absolute Gasteiger partial charge is 0.389 e. The number of pyridine rings is 1. The van der Waals surface area contributed by atoms with Crippen LogP contribution in [0.4, 0.5) is 0 Å². The fraction of sp³-hybridized carbons (Fsp3) is 0.143. The summed E-state index contributed by atoms with van der Waals surface area (Å²) in [4.78, 5) is 4.52. The van der Waals surface area contributed by atoms with Crippen LogP contribution in [0.3, 0.4) is 0 Å². The van der Waals surface area contributed by atoms with Crippen LogP contribution in [-0.2, 0) is 16.6 Å². The van der Waals surface area contributed by atoms with Gasteiger partial charge < -0.3 is 5.73 Å². The predicted molar refractivity (Wildman–Crippen MR) is 85.3 cm³/mol. The molecular formula is C14H15N3O2S2. The number of nitrogens with zero attached hydrogens (tertiary/aromatic N) is 1. The lowest BCUT2D eigenvalue weighted by Gasteiger charge is -2.07. The Morgan fingerprint density at radius 2 is 1.90 bits per heavy atom. The van der Waals surface area contributed by atoms with Crippen LogP contribution in [0.25, 0.3) is 0 Å². The van der Waals surface area contributed by atoms with E-state index in [0.29, 0.717) is 5.56 Å². The number of aryl methyl sites for hydroxylation is 1. The predicted octanol–water partition coefficient (Wildman–Crippen LogP) is 1.50. The van der Waals surface area contributed by atoms with Crippen molar-refractivity contribution in [3.8, 4) is 0 Å². The molecular weight excluding hydrogens is 306 g/mol. The molecule has 0 aliphatic rings. The van der Waals surface area contributed by atoms with Crippen molar-refractivity contribution in [1.29, 1.82) is 0 Å². The number of aromatic nitrogens is 1. The molecule has 0 spiro atoms.